The van der Waals surface area contributed by atoms with Crippen LogP contribution in [0.2, 0.25) is 18.1 Å². The summed E-state index contributed by atoms with van der Waals surface area (Å²) in [5.74, 6) is -1.21. The molecule has 0 aliphatic carbocycles. The highest BCUT2D eigenvalue weighted by Gasteiger charge is 2.57. The van der Waals surface area contributed by atoms with Crippen molar-refractivity contribution < 1.29 is 33.4 Å². The van der Waals surface area contributed by atoms with Gasteiger partial charge in [-0.3, -0.25) is 14.4 Å². The molecule has 2 rings (SSSR count). The highest BCUT2D eigenvalue weighted by atomic mass is 28.4. The van der Waals surface area contributed by atoms with Crippen LogP contribution in [0.5, 0.6) is 0 Å². The van der Waals surface area contributed by atoms with Gasteiger partial charge in [-0.05, 0) is 69.3 Å². The van der Waals surface area contributed by atoms with E-state index in [1.165, 1.54) is 6.08 Å². The number of ether oxygens (including phenoxy) is 2. The first kappa shape index (κ1) is 29.7. The summed E-state index contributed by atoms with van der Waals surface area (Å²) in [7, 11) is -2.24. The topological polar surface area (TPSA) is 99.1 Å². The van der Waals surface area contributed by atoms with Crippen molar-refractivity contribution in [3.63, 3.8) is 0 Å². The molecule has 1 unspecified atom stereocenters. The van der Waals surface area contributed by atoms with E-state index in [1.807, 2.05) is 26.8 Å². The zero-order valence-electron chi connectivity index (χ0n) is 23.1. The summed E-state index contributed by atoms with van der Waals surface area (Å²) < 4.78 is 18.3. The second kappa shape index (κ2) is 10.8. The number of esters is 1. The number of carbonyl (C=O) groups is 3. The van der Waals surface area contributed by atoms with Gasteiger partial charge >= 0.3 is 11.9 Å². The average molecular weight is 511 g/mol. The minimum Gasteiger partial charge on any atom is -0.481 e. The van der Waals surface area contributed by atoms with Gasteiger partial charge < -0.3 is 19.0 Å². The minimum atomic E-state index is -2.24. The summed E-state index contributed by atoms with van der Waals surface area (Å²) in [6.07, 6.45) is 4.97. The van der Waals surface area contributed by atoms with E-state index in [1.54, 1.807) is 0 Å². The molecule has 5 atom stereocenters. The van der Waals surface area contributed by atoms with E-state index in [-0.39, 0.29) is 54.2 Å². The lowest BCUT2D eigenvalue weighted by Gasteiger charge is -2.39. The van der Waals surface area contributed by atoms with E-state index in [4.69, 9.17) is 13.9 Å². The molecule has 35 heavy (non-hydrogen) atoms. The standard InChI is InChI=1S/C27H46O7Si/c1-10-26(6,7)24(31)32-17-19-14-21-13-18(2)27(19,33-21)12-11-20(28)15-22(16-23(29)30)34-35(8,9)25(3,4)5/h11-12,18-19,21-22H,10,13-17H2,1-9H3,(H,29,30)/t18-,19+,21-,22?,27+/m1/s1. The van der Waals surface area contributed by atoms with Crippen molar-refractivity contribution in [3.05, 3.63) is 12.2 Å². The highest BCUT2D eigenvalue weighted by molar-refractivity contribution is 6.74. The molecule has 2 fully saturated rings. The van der Waals surface area contributed by atoms with Crippen molar-refractivity contribution >= 4 is 26.0 Å². The lowest BCUT2D eigenvalue weighted by Crippen LogP contribution is -2.45. The van der Waals surface area contributed by atoms with Gasteiger partial charge in [0.25, 0.3) is 0 Å². The first-order valence-corrected chi connectivity index (χ1v) is 15.8. The number of carbonyl (C=O) groups excluding carboxylic acids is 2. The number of carboxylic acid groups (broad SMARTS) is 1. The van der Waals surface area contributed by atoms with Crippen LogP contribution in [0.1, 0.15) is 80.6 Å². The fourth-order valence-corrected chi connectivity index (χ4v) is 6.04. The van der Waals surface area contributed by atoms with Crippen molar-refractivity contribution in [1.29, 1.82) is 0 Å². The fraction of sp³-hybridized carbons (Fsp3) is 0.815. The Morgan fingerprint density at radius 1 is 1.14 bits per heavy atom. The molecule has 2 aliphatic rings. The van der Waals surface area contributed by atoms with Crippen LogP contribution in [-0.4, -0.2) is 55.6 Å². The van der Waals surface area contributed by atoms with Crippen LogP contribution < -0.4 is 0 Å². The number of aliphatic carboxylic acids is 1. The number of allylic oxidation sites excluding steroid dienone is 1. The number of hydrogen-bond donors (Lipinski definition) is 1. The third-order valence-corrected chi connectivity index (χ3v) is 13.0. The lowest BCUT2D eigenvalue weighted by atomic mass is 9.72. The Morgan fingerprint density at radius 2 is 1.77 bits per heavy atom. The maximum Gasteiger partial charge on any atom is 0.311 e. The lowest BCUT2D eigenvalue weighted by molar-refractivity contribution is -0.157. The third kappa shape index (κ3) is 7.04. The molecular weight excluding hydrogens is 464 g/mol. The Morgan fingerprint density at radius 3 is 2.29 bits per heavy atom. The molecular formula is C27H46O7Si. The van der Waals surface area contributed by atoms with Crippen LogP contribution in [0.3, 0.4) is 0 Å². The average Bonchev–Trinajstić information content (AvgIpc) is 3.22. The first-order valence-electron chi connectivity index (χ1n) is 12.9. The normalized spacial score (nSPS) is 27.9. The maximum absolute atomic E-state index is 13.0. The molecule has 0 spiro atoms. The van der Waals surface area contributed by atoms with Gasteiger partial charge in [-0.15, -0.1) is 0 Å². The Labute approximate surface area is 212 Å². The molecule has 2 heterocycles. The molecule has 0 aromatic rings. The van der Waals surface area contributed by atoms with Crippen LogP contribution >= 0.6 is 0 Å². The number of fused-ring (bicyclic) bond motifs is 2. The minimum absolute atomic E-state index is 0.00748. The van der Waals surface area contributed by atoms with E-state index in [0.717, 1.165) is 12.8 Å². The zero-order valence-corrected chi connectivity index (χ0v) is 24.1. The van der Waals surface area contributed by atoms with Crippen LogP contribution in [0, 0.1) is 17.3 Å². The molecule has 0 amide bonds. The van der Waals surface area contributed by atoms with Crippen LogP contribution in [0.4, 0.5) is 0 Å². The van der Waals surface area contributed by atoms with Crippen molar-refractivity contribution in [2.75, 3.05) is 6.61 Å². The number of ketones is 1. The summed E-state index contributed by atoms with van der Waals surface area (Å²) >= 11 is 0. The van der Waals surface area contributed by atoms with Crippen molar-refractivity contribution in [1.82, 2.24) is 0 Å². The summed E-state index contributed by atoms with van der Waals surface area (Å²) in [6, 6.07) is 0. The van der Waals surface area contributed by atoms with Crippen molar-refractivity contribution in [2.24, 2.45) is 17.3 Å². The molecule has 0 aromatic heterocycles. The van der Waals surface area contributed by atoms with Gasteiger partial charge in [-0.2, -0.15) is 0 Å². The first-order chi connectivity index (χ1) is 15.9. The van der Waals surface area contributed by atoms with E-state index in [9.17, 15) is 19.5 Å². The van der Waals surface area contributed by atoms with Crippen molar-refractivity contribution in [3.8, 4) is 0 Å². The van der Waals surface area contributed by atoms with Gasteiger partial charge in [0.15, 0.2) is 14.1 Å². The Hall–Kier alpha value is -1.51. The van der Waals surface area contributed by atoms with Crippen LogP contribution in [-0.2, 0) is 28.3 Å². The predicted molar refractivity (Wildman–Crippen MR) is 138 cm³/mol. The molecule has 2 saturated heterocycles. The van der Waals surface area contributed by atoms with Crippen LogP contribution in [0.15, 0.2) is 12.2 Å². The van der Waals surface area contributed by atoms with Gasteiger partial charge in [0.2, 0.25) is 0 Å². The monoisotopic (exact) mass is 510 g/mol. The quantitative estimate of drug-likeness (QED) is 0.209. The highest BCUT2D eigenvalue weighted by Crippen LogP contribution is 2.52. The molecule has 0 aromatic carbocycles. The second-order valence-corrected chi connectivity index (χ2v) is 17.4. The van der Waals surface area contributed by atoms with E-state index in [0.29, 0.717) is 6.42 Å². The largest absolute Gasteiger partial charge is 0.481 e. The third-order valence-electron chi connectivity index (χ3n) is 8.42. The molecule has 0 radical (unpaired) electrons. The maximum atomic E-state index is 13.0. The SMILES string of the molecule is CCC(C)(C)C(=O)OC[C@@H]1C[C@H]2C[C@@H](C)[C@]1(C=CC(=O)CC(CC(=O)O)O[Si](C)(C)C(C)(C)C)O2. The smallest absolute Gasteiger partial charge is 0.311 e. The van der Waals surface area contributed by atoms with Gasteiger partial charge in [0, 0.05) is 12.3 Å². The molecule has 2 bridgehead atoms. The van der Waals surface area contributed by atoms with Crippen molar-refractivity contribution in [2.45, 2.75) is 117 Å². The molecule has 0 saturated carbocycles. The van der Waals surface area contributed by atoms with E-state index >= 15 is 0 Å². The fourth-order valence-electron chi connectivity index (χ4n) is 4.69. The predicted octanol–water partition coefficient (Wildman–Crippen LogP) is 5.53. The summed E-state index contributed by atoms with van der Waals surface area (Å²) in [4.78, 5) is 36.9. The summed E-state index contributed by atoms with van der Waals surface area (Å²) in [5, 5.41) is 9.28. The zero-order chi connectivity index (χ0) is 26.8. The molecule has 8 heteroatoms. The van der Waals surface area contributed by atoms with Gasteiger partial charge in [-0.25, -0.2) is 0 Å². The Bertz CT molecular complexity index is 826. The number of rotatable bonds is 12. The summed E-state index contributed by atoms with van der Waals surface area (Å²) in [6.45, 7) is 18.5. The van der Waals surface area contributed by atoms with E-state index < -0.39 is 31.4 Å². The Balaban J connectivity index is 2.12. The second-order valence-electron chi connectivity index (χ2n) is 12.6. The molecule has 1 N–H and O–H groups in total. The summed E-state index contributed by atoms with van der Waals surface area (Å²) in [5.41, 5.74) is -1.19. The molecule has 2 aliphatic heterocycles. The number of carboxylic acids is 1. The van der Waals surface area contributed by atoms with Crippen LogP contribution in [0.25, 0.3) is 0 Å². The Kier molecular flexibility index (Phi) is 9.21. The van der Waals surface area contributed by atoms with Gasteiger partial charge in [0.05, 0.1) is 36.3 Å². The number of hydrogen-bond acceptors (Lipinski definition) is 6. The van der Waals surface area contributed by atoms with Gasteiger partial charge in [-0.1, -0.05) is 34.6 Å². The van der Waals surface area contributed by atoms with E-state index in [2.05, 4.69) is 40.8 Å². The molecule has 200 valence electrons. The van der Waals surface area contributed by atoms with Gasteiger partial charge in [0.1, 0.15) is 0 Å². The molecule has 7 nitrogen and oxygen atoms in total.